The maximum Gasteiger partial charge on any atom is 0.0890 e. The average molecular weight is 210 g/mol. The van der Waals surface area contributed by atoms with Gasteiger partial charge in [-0.15, -0.1) is 0 Å². The highest BCUT2D eigenvalue weighted by Gasteiger charge is 2.08. The van der Waals surface area contributed by atoms with Crippen LogP contribution in [0.5, 0.6) is 0 Å². The van der Waals surface area contributed by atoms with Crippen LogP contribution in [0.2, 0.25) is 0 Å². The standard InChI is InChI=1S/C14H14N2/c1-2-4-8-12-11(7-3-1)15-13-9-5-6-10-14(13)16-12/h1-2,5-6,9-10H,3-4,7-8H2. The molecule has 0 aliphatic heterocycles. The summed E-state index contributed by atoms with van der Waals surface area (Å²) in [5.41, 5.74) is 4.41. The van der Waals surface area contributed by atoms with Crippen LogP contribution in [0, 0.1) is 0 Å². The fourth-order valence-corrected chi connectivity index (χ4v) is 2.15. The zero-order valence-corrected chi connectivity index (χ0v) is 9.19. The summed E-state index contributed by atoms with van der Waals surface area (Å²) in [7, 11) is 0. The average Bonchev–Trinajstić information content (AvgIpc) is 2.29. The summed E-state index contributed by atoms with van der Waals surface area (Å²) in [6.07, 6.45) is 8.70. The third kappa shape index (κ3) is 1.71. The zero-order valence-electron chi connectivity index (χ0n) is 9.19. The van der Waals surface area contributed by atoms with Gasteiger partial charge >= 0.3 is 0 Å². The van der Waals surface area contributed by atoms with Gasteiger partial charge < -0.3 is 0 Å². The Morgan fingerprint density at radius 2 is 1.25 bits per heavy atom. The van der Waals surface area contributed by atoms with Crippen LogP contribution < -0.4 is 0 Å². The van der Waals surface area contributed by atoms with Gasteiger partial charge in [-0.25, -0.2) is 9.97 Å². The first-order chi connectivity index (χ1) is 7.93. The van der Waals surface area contributed by atoms with Crippen molar-refractivity contribution < 1.29 is 0 Å². The molecule has 1 aliphatic rings. The topological polar surface area (TPSA) is 25.8 Å². The van der Waals surface area contributed by atoms with Crippen LogP contribution >= 0.6 is 0 Å². The first kappa shape index (κ1) is 9.52. The van der Waals surface area contributed by atoms with Crippen molar-refractivity contribution in [2.75, 3.05) is 0 Å². The second kappa shape index (κ2) is 4.05. The van der Waals surface area contributed by atoms with Crippen LogP contribution in [-0.2, 0) is 12.8 Å². The third-order valence-corrected chi connectivity index (χ3v) is 2.99. The Balaban J connectivity index is 2.15. The number of allylic oxidation sites excluding steroid dienone is 2. The van der Waals surface area contributed by atoms with Crippen molar-refractivity contribution in [3.63, 3.8) is 0 Å². The van der Waals surface area contributed by atoms with E-state index >= 15 is 0 Å². The highest BCUT2D eigenvalue weighted by molar-refractivity contribution is 5.74. The van der Waals surface area contributed by atoms with E-state index in [0.717, 1.165) is 36.7 Å². The van der Waals surface area contributed by atoms with Gasteiger partial charge in [0.15, 0.2) is 0 Å². The van der Waals surface area contributed by atoms with Crippen molar-refractivity contribution in [2.24, 2.45) is 0 Å². The van der Waals surface area contributed by atoms with E-state index in [9.17, 15) is 0 Å². The monoisotopic (exact) mass is 210 g/mol. The highest BCUT2D eigenvalue weighted by atomic mass is 14.8. The van der Waals surface area contributed by atoms with Crippen molar-refractivity contribution in [2.45, 2.75) is 25.7 Å². The molecule has 16 heavy (non-hydrogen) atoms. The summed E-state index contributed by atoms with van der Waals surface area (Å²) in [5.74, 6) is 0. The lowest BCUT2D eigenvalue weighted by molar-refractivity contribution is 0.832. The van der Waals surface area contributed by atoms with Gasteiger partial charge in [0, 0.05) is 0 Å². The van der Waals surface area contributed by atoms with E-state index < -0.39 is 0 Å². The van der Waals surface area contributed by atoms with E-state index in [1.165, 1.54) is 11.4 Å². The minimum absolute atomic E-state index is 1.02. The molecule has 0 saturated carbocycles. The van der Waals surface area contributed by atoms with E-state index in [0.29, 0.717) is 0 Å². The highest BCUT2D eigenvalue weighted by Crippen LogP contribution is 2.17. The second-order valence-corrected chi connectivity index (χ2v) is 4.15. The maximum absolute atomic E-state index is 4.72. The summed E-state index contributed by atoms with van der Waals surface area (Å²) >= 11 is 0. The molecule has 1 aromatic heterocycles. The summed E-state index contributed by atoms with van der Waals surface area (Å²) in [6.45, 7) is 0. The molecule has 3 rings (SSSR count). The molecule has 0 radical (unpaired) electrons. The second-order valence-electron chi connectivity index (χ2n) is 4.15. The molecule has 0 atom stereocenters. The van der Waals surface area contributed by atoms with Crippen molar-refractivity contribution in [1.82, 2.24) is 9.97 Å². The molecule has 0 N–H and O–H groups in total. The quantitative estimate of drug-likeness (QED) is 0.624. The van der Waals surface area contributed by atoms with Crippen molar-refractivity contribution in [1.29, 1.82) is 0 Å². The molecule has 0 unspecified atom stereocenters. The minimum Gasteiger partial charge on any atom is -0.249 e. The molecule has 1 aromatic carbocycles. The van der Waals surface area contributed by atoms with Gasteiger partial charge in [0.05, 0.1) is 22.4 Å². The van der Waals surface area contributed by atoms with Crippen LogP contribution in [0.25, 0.3) is 11.0 Å². The van der Waals surface area contributed by atoms with Gasteiger partial charge in [-0.1, -0.05) is 24.3 Å². The smallest absolute Gasteiger partial charge is 0.0890 e. The number of aromatic nitrogens is 2. The Bertz CT molecular complexity index is 495. The largest absolute Gasteiger partial charge is 0.249 e. The van der Waals surface area contributed by atoms with Crippen LogP contribution in [-0.4, -0.2) is 9.97 Å². The van der Waals surface area contributed by atoms with E-state index in [2.05, 4.69) is 12.2 Å². The number of aryl methyl sites for hydroxylation is 2. The Kier molecular flexibility index (Phi) is 2.41. The fraction of sp³-hybridized carbons (Fsp3) is 0.286. The van der Waals surface area contributed by atoms with Gasteiger partial charge in [-0.05, 0) is 37.8 Å². The molecule has 1 aliphatic carbocycles. The van der Waals surface area contributed by atoms with E-state index in [1.54, 1.807) is 0 Å². The van der Waals surface area contributed by atoms with E-state index in [4.69, 9.17) is 9.97 Å². The Labute approximate surface area is 95.0 Å². The molecule has 0 amide bonds. The number of hydrogen-bond donors (Lipinski definition) is 0. The molecular formula is C14H14N2. The van der Waals surface area contributed by atoms with E-state index in [1.807, 2.05) is 24.3 Å². The lowest BCUT2D eigenvalue weighted by atomic mass is 10.1. The number of hydrogen-bond acceptors (Lipinski definition) is 2. The van der Waals surface area contributed by atoms with Gasteiger partial charge in [-0.2, -0.15) is 0 Å². The molecule has 2 heteroatoms. The molecule has 2 aromatic rings. The van der Waals surface area contributed by atoms with Crippen LogP contribution in [0.1, 0.15) is 24.2 Å². The molecular weight excluding hydrogens is 196 g/mol. The van der Waals surface area contributed by atoms with Gasteiger partial charge in [0.1, 0.15) is 0 Å². The Morgan fingerprint density at radius 1 is 0.750 bits per heavy atom. The summed E-state index contributed by atoms with van der Waals surface area (Å²) in [6, 6.07) is 8.12. The van der Waals surface area contributed by atoms with Gasteiger partial charge in [0.2, 0.25) is 0 Å². The Morgan fingerprint density at radius 3 is 1.75 bits per heavy atom. The molecule has 2 nitrogen and oxygen atoms in total. The van der Waals surface area contributed by atoms with Crippen LogP contribution in [0.3, 0.4) is 0 Å². The predicted molar refractivity (Wildman–Crippen MR) is 65.3 cm³/mol. The number of nitrogens with zero attached hydrogens (tertiary/aromatic N) is 2. The van der Waals surface area contributed by atoms with Gasteiger partial charge in [-0.3, -0.25) is 0 Å². The summed E-state index contributed by atoms with van der Waals surface area (Å²) in [5, 5.41) is 0. The van der Waals surface area contributed by atoms with E-state index in [-0.39, 0.29) is 0 Å². The number of fused-ring (bicyclic) bond motifs is 2. The van der Waals surface area contributed by atoms with Crippen LogP contribution in [0.4, 0.5) is 0 Å². The third-order valence-electron chi connectivity index (χ3n) is 2.99. The minimum atomic E-state index is 1.02. The van der Waals surface area contributed by atoms with Crippen molar-refractivity contribution in [3.8, 4) is 0 Å². The number of benzene rings is 1. The van der Waals surface area contributed by atoms with Crippen molar-refractivity contribution >= 4 is 11.0 Å². The maximum atomic E-state index is 4.72. The molecule has 1 heterocycles. The summed E-state index contributed by atoms with van der Waals surface area (Å²) in [4.78, 5) is 9.44. The first-order valence-electron chi connectivity index (χ1n) is 5.83. The molecule has 0 saturated heterocycles. The lowest BCUT2D eigenvalue weighted by Gasteiger charge is -2.10. The normalized spacial score (nSPS) is 15.5. The SMILES string of the molecule is C1=CCCc2nc3ccccc3nc2CC1. The van der Waals surface area contributed by atoms with Gasteiger partial charge in [0.25, 0.3) is 0 Å². The molecule has 0 spiro atoms. The molecule has 80 valence electrons. The number of rotatable bonds is 0. The number of para-hydroxylation sites is 2. The Hall–Kier alpha value is -1.70. The predicted octanol–water partition coefficient (Wildman–Crippen LogP) is 3.06. The fourth-order valence-electron chi connectivity index (χ4n) is 2.15. The molecule has 0 fully saturated rings. The van der Waals surface area contributed by atoms with Crippen molar-refractivity contribution in [3.05, 3.63) is 47.8 Å². The van der Waals surface area contributed by atoms with Crippen LogP contribution in [0.15, 0.2) is 36.4 Å². The summed E-state index contributed by atoms with van der Waals surface area (Å²) < 4.78 is 0. The lowest BCUT2D eigenvalue weighted by Crippen LogP contribution is -2.03. The first-order valence-corrected chi connectivity index (χ1v) is 5.83. The zero-order chi connectivity index (χ0) is 10.8. The molecule has 0 bridgehead atoms.